The summed E-state index contributed by atoms with van der Waals surface area (Å²) in [4.78, 5) is 13.7. The number of hydrogen-bond acceptors (Lipinski definition) is 2. The van der Waals surface area contributed by atoms with E-state index in [2.05, 4.69) is 22.6 Å². The van der Waals surface area contributed by atoms with Gasteiger partial charge in [-0.1, -0.05) is 0 Å². The highest BCUT2D eigenvalue weighted by Gasteiger charge is 2.48. The van der Waals surface area contributed by atoms with E-state index in [0.717, 1.165) is 3.57 Å². The first-order valence-corrected chi connectivity index (χ1v) is 7.50. The maximum atomic E-state index is 12.4. The van der Waals surface area contributed by atoms with Crippen LogP contribution in [0.1, 0.15) is 12.5 Å². The maximum absolute atomic E-state index is 12.4. The Kier molecular flexibility index (Phi) is 3.81. The Morgan fingerprint density at radius 3 is 2.63 bits per heavy atom. The first-order chi connectivity index (χ1) is 8.65. The van der Waals surface area contributed by atoms with Gasteiger partial charge in [-0.2, -0.15) is 13.2 Å². The van der Waals surface area contributed by atoms with E-state index in [1.54, 1.807) is 26.1 Å². The number of hydrogen-bond donors (Lipinski definition) is 0. The van der Waals surface area contributed by atoms with Gasteiger partial charge in [0.2, 0.25) is 5.91 Å². The molecular weight excluding hydrogens is 390 g/mol. The van der Waals surface area contributed by atoms with Crippen molar-refractivity contribution in [3.05, 3.63) is 27.3 Å². The fourth-order valence-corrected chi connectivity index (χ4v) is 3.43. The Morgan fingerprint density at radius 2 is 2.05 bits per heavy atom. The number of halogens is 4. The second kappa shape index (κ2) is 4.83. The number of alkyl halides is 3. The number of amides is 1. The van der Waals surface area contributed by atoms with Crippen LogP contribution in [-0.2, 0) is 10.2 Å². The van der Waals surface area contributed by atoms with Crippen molar-refractivity contribution in [2.75, 3.05) is 17.7 Å². The second-order valence-electron chi connectivity index (χ2n) is 4.59. The number of benzene rings is 1. The summed E-state index contributed by atoms with van der Waals surface area (Å²) in [6, 6.07) is 5.40. The number of carbonyl (C=O) groups excluding carboxylic acids is 1. The molecule has 0 N–H and O–H groups in total. The predicted molar refractivity (Wildman–Crippen MR) is 78.4 cm³/mol. The fraction of sp³-hybridized carbons (Fsp3) is 0.417. The number of fused-ring (bicyclic) bond motifs is 1. The molecule has 0 fully saturated rings. The molecule has 1 unspecified atom stereocenters. The summed E-state index contributed by atoms with van der Waals surface area (Å²) < 4.78 is 38.1. The van der Waals surface area contributed by atoms with Crippen molar-refractivity contribution in [1.82, 2.24) is 0 Å². The third-order valence-corrected chi connectivity index (χ3v) is 4.94. The molecule has 0 saturated heterocycles. The minimum Gasteiger partial charge on any atom is -0.314 e. The van der Waals surface area contributed by atoms with Gasteiger partial charge in [-0.15, -0.1) is 0 Å². The molecule has 104 valence electrons. The van der Waals surface area contributed by atoms with Crippen LogP contribution < -0.4 is 4.90 Å². The quantitative estimate of drug-likeness (QED) is 0.704. The highest BCUT2D eigenvalue weighted by Crippen LogP contribution is 2.45. The summed E-state index contributed by atoms with van der Waals surface area (Å²) >= 11 is 1.94. The van der Waals surface area contributed by atoms with Crippen LogP contribution >= 0.6 is 34.4 Å². The van der Waals surface area contributed by atoms with Gasteiger partial charge in [0.15, 0.2) is 0 Å². The molecule has 0 aliphatic carbocycles. The van der Waals surface area contributed by atoms with Crippen molar-refractivity contribution >= 4 is 45.9 Å². The SMILES string of the molecule is CN1C(=O)C(C)(CSC(F)(F)F)c2cc(I)ccc21. The Labute approximate surface area is 126 Å². The average molecular weight is 401 g/mol. The van der Waals surface area contributed by atoms with E-state index in [1.807, 2.05) is 6.07 Å². The Hall–Kier alpha value is -0.440. The molecule has 0 saturated carbocycles. The van der Waals surface area contributed by atoms with Crippen LogP contribution in [-0.4, -0.2) is 24.2 Å². The van der Waals surface area contributed by atoms with Crippen molar-refractivity contribution in [1.29, 1.82) is 0 Å². The van der Waals surface area contributed by atoms with E-state index in [4.69, 9.17) is 0 Å². The smallest absolute Gasteiger partial charge is 0.314 e. The molecule has 7 heteroatoms. The van der Waals surface area contributed by atoms with Crippen LogP contribution in [0.2, 0.25) is 0 Å². The van der Waals surface area contributed by atoms with Crippen LogP contribution in [0.5, 0.6) is 0 Å². The monoisotopic (exact) mass is 401 g/mol. The summed E-state index contributed by atoms with van der Waals surface area (Å²) in [5.41, 5.74) is -4.09. The predicted octanol–water partition coefficient (Wildman–Crippen LogP) is 3.78. The molecule has 1 heterocycles. The molecule has 1 atom stereocenters. The molecule has 1 amide bonds. The molecule has 1 aliphatic heterocycles. The van der Waals surface area contributed by atoms with E-state index in [-0.39, 0.29) is 23.4 Å². The lowest BCUT2D eigenvalue weighted by Gasteiger charge is -2.23. The Morgan fingerprint density at radius 1 is 1.42 bits per heavy atom. The molecule has 1 aromatic rings. The molecule has 0 radical (unpaired) electrons. The van der Waals surface area contributed by atoms with Crippen LogP contribution in [0.25, 0.3) is 0 Å². The molecule has 1 aromatic carbocycles. The van der Waals surface area contributed by atoms with Crippen LogP contribution in [0, 0.1) is 3.57 Å². The summed E-state index contributed by atoms with van der Waals surface area (Å²) in [7, 11) is 1.59. The fourth-order valence-electron chi connectivity index (χ4n) is 2.20. The van der Waals surface area contributed by atoms with Crippen LogP contribution in [0.4, 0.5) is 18.9 Å². The molecule has 0 bridgehead atoms. The summed E-state index contributed by atoms with van der Waals surface area (Å²) in [5.74, 6) is -0.589. The first-order valence-electron chi connectivity index (χ1n) is 5.44. The van der Waals surface area contributed by atoms with Gasteiger partial charge in [-0.3, -0.25) is 4.79 Å². The average Bonchev–Trinajstić information content (AvgIpc) is 2.49. The van der Waals surface area contributed by atoms with Crippen molar-refractivity contribution in [2.24, 2.45) is 0 Å². The first kappa shape index (κ1) is 15.0. The summed E-state index contributed by atoms with van der Waals surface area (Å²) in [5, 5.41) is 0. The van der Waals surface area contributed by atoms with Gasteiger partial charge in [0.1, 0.15) is 0 Å². The minimum absolute atomic E-state index is 0.145. The lowest BCUT2D eigenvalue weighted by atomic mass is 9.86. The largest absolute Gasteiger partial charge is 0.441 e. The van der Waals surface area contributed by atoms with Gasteiger partial charge in [-0.05, 0) is 65.0 Å². The van der Waals surface area contributed by atoms with E-state index >= 15 is 0 Å². The zero-order chi connectivity index (χ0) is 14.4. The summed E-state index contributed by atoms with van der Waals surface area (Å²) in [6.45, 7) is 1.58. The van der Waals surface area contributed by atoms with Gasteiger partial charge in [-0.25, -0.2) is 0 Å². The van der Waals surface area contributed by atoms with Gasteiger partial charge in [0.25, 0.3) is 0 Å². The highest BCUT2D eigenvalue weighted by atomic mass is 127. The zero-order valence-corrected chi connectivity index (χ0v) is 13.2. The molecule has 2 nitrogen and oxygen atoms in total. The number of rotatable bonds is 2. The molecule has 0 spiro atoms. The van der Waals surface area contributed by atoms with E-state index in [0.29, 0.717) is 11.3 Å². The molecule has 1 aliphatic rings. The third kappa shape index (κ3) is 2.72. The van der Waals surface area contributed by atoms with Crippen molar-refractivity contribution in [3.8, 4) is 0 Å². The molecule has 19 heavy (non-hydrogen) atoms. The van der Waals surface area contributed by atoms with Crippen LogP contribution in [0.15, 0.2) is 18.2 Å². The number of likely N-dealkylation sites (N-methyl/N-ethyl adjacent to an activating group) is 1. The van der Waals surface area contributed by atoms with Crippen molar-refractivity contribution < 1.29 is 18.0 Å². The van der Waals surface area contributed by atoms with E-state index in [9.17, 15) is 18.0 Å². The maximum Gasteiger partial charge on any atom is 0.441 e. The van der Waals surface area contributed by atoms with Crippen molar-refractivity contribution in [2.45, 2.75) is 17.8 Å². The van der Waals surface area contributed by atoms with Gasteiger partial charge in [0.05, 0.1) is 5.41 Å². The lowest BCUT2D eigenvalue weighted by Crippen LogP contribution is -2.38. The topological polar surface area (TPSA) is 20.3 Å². The van der Waals surface area contributed by atoms with Crippen molar-refractivity contribution in [3.63, 3.8) is 0 Å². The Bertz CT molecular complexity index is 534. The normalized spacial score (nSPS) is 22.8. The second-order valence-corrected chi connectivity index (χ2v) is 6.88. The zero-order valence-electron chi connectivity index (χ0n) is 10.2. The van der Waals surface area contributed by atoms with Gasteiger partial charge >= 0.3 is 5.51 Å². The van der Waals surface area contributed by atoms with E-state index < -0.39 is 10.9 Å². The highest BCUT2D eigenvalue weighted by molar-refractivity contribution is 14.1. The molecule has 0 aromatic heterocycles. The standard InChI is InChI=1S/C12H11F3INOS/c1-11(6-19-12(13,14)15)8-5-7(16)3-4-9(8)17(2)10(11)18/h3-5H,6H2,1-2H3. The number of carbonyl (C=O) groups is 1. The van der Waals surface area contributed by atoms with Crippen LogP contribution in [0.3, 0.4) is 0 Å². The number of nitrogens with zero attached hydrogens (tertiary/aromatic N) is 1. The lowest BCUT2D eigenvalue weighted by molar-refractivity contribution is -0.121. The minimum atomic E-state index is -4.33. The van der Waals surface area contributed by atoms with Gasteiger partial charge in [0, 0.05) is 22.1 Å². The van der Waals surface area contributed by atoms with E-state index in [1.165, 1.54) is 4.90 Å². The summed E-state index contributed by atoms with van der Waals surface area (Å²) in [6.07, 6.45) is 0. The Balaban J connectivity index is 2.41. The number of anilines is 1. The third-order valence-electron chi connectivity index (χ3n) is 3.22. The molecular formula is C12H11F3INOS. The molecule has 2 rings (SSSR count). The number of thioether (sulfide) groups is 1. The van der Waals surface area contributed by atoms with Gasteiger partial charge < -0.3 is 4.90 Å².